The van der Waals surface area contributed by atoms with Gasteiger partial charge in [-0.05, 0) is 43.2 Å². The number of ether oxygens (including phenoxy) is 1. The van der Waals surface area contributed by atoms with Crippen LogP contribution < -0.4 is 4.74 Å². The Balaban J connectivity index is 1.66. The number of halogens is 1. The maximum atomic E-state index is 5.69. The molecule has 1 atom stereocenters. The Labute approximate surface area is 106 Å². The van der Waals surface area contributed by atoms with Gasteiger partial charge in [0.2, 0.25) is 0 Å². The zero-order valence-corrected chi connectivity index (χ0v) is 11.4. The van der Waals surface area contributed by atoms with Gasteiger partial charge in [-0.15, -0.1) is 0 Å². The predicted octanol–water partition coefficient (Wildman–Crippen LogP) is 4.41. The molecule has 0 saturated heterocycles. The first-order valence-electron chi connectivity index (χ1n) is 6.05. The highest BCUT2D eigenvalue weighted by molar-refractivity contribution is 9.09. The number of para-hydroxylation sites is 1. The Morgan fingerprint density at radius 1 is 1.31 bits per heavy atom. The molecule has 0 N–H and O–H groups in total. The van der Waals surface area contributed by atoms with Gasteiger partial charge in [-0.25, -0.2) is 0 Å². The van der Waals surface area contributed by atoms with Crippen LogP contribution in [0.3, 0.4) is 0 Å². The van der Waals surface area contributed by atoms with E-state index in [1.54, 1.807) is 0 Å². The van der Waals surface area contributed by atoms with Gasteiger partial charge in [-0.3, -0.25) is 0 Å². The van der Waals surface area contributed by atoms with Crippen LogP contribution in [0.2, 0.25) is 0 Å². The second kappa shape index (κ2) is 5.22. The van der Waals surface area contributed by atoms with Gasteiger partial charge in [-0.2, -0.15) is 0 Å². The van der Waals surface area contributed by atoms with Crippen molar-refractivity contribution in [3.05, 3.63) is 30.3 Å². The average molecular weight is 283 g/mol. The molecule has 0 aliphatic heterocycles. The van der Waals surface area contributed by atoms with Crippen molar-refractivity contribution in [1.82, 2.24) is 0 Å². The molecule has 0 heterocycles. The molecular formula is C14H19BrO. The van der Waals surface area contributed by atoms with Crippen LogP contribution in [0.1, 0.15) is 32.6 Å². The molecule has 0 radical (unpaired) electrons. The zero-order chi connectivity index (χ0) is 11.4. The molecule has 0 bridgehead atoms. The summed E-state index contributed by atoms with van der Waals surface area (Å²) in [6.45, 7) is 3.11. The summed E-state index contributed by atoms with van der Waals surface area (Å²) in [4.78, 5) is 0.650. The molecule has 1 fully saturated rings. The Kier molecular flexibility index (Phi) is 3.91. The van der Waals surface area contributed by atoms with Gasteiger partial charge in [-0.1, -0.05) is 41.1 Å². The normalized spacial score (nSPS) is 19.1. The van der Waals surface area contributed by atoms with Crippen molar-refractivity contribution in [2.45, 2.75) is 37.4 Å². The zero-order valence-electron chi connectivity index (χ0n) is 9.79. The van der Waals surface area contributed by atoms with Crippen LogP contribution in [0.15, 0.2) is 30.3 Å². The standard InChI is InChI=1S/C14H19BrO/c1-12(15)14(9-10-14)8-5-11-16-13-6-3-2-4-7-13/h2-4,6-7,12H,5,8-11H2,1H3. The fourth-order valence-electron chi connectivity index (χ4n) is 2.14. The van der Waals surface area contributed by atoms with Gasteiger partial charge in [0.1, 0.15) is 5.75 Å². The molecule has 0 amide bonds. The lowest BCUT2D eigenvalue weighted by atomic mass is 9.97. The van der Waals surface area contributed by atoms with E-state index < -0.39 is 0 Å². The first-order chi connectivity index (χ1) is 7.73. The molecule has 1 nitrogen and oxygen atoms in total. The lowest BCUT2D eigenvalue weighted by Gasteiger charge is -2.17. The van der Waals surface area contributed by atoms with E-state index in [4.69, 9.17) is 4.74 Å². The van der Waals surface area contributed by atoms with Crippen LogP contribution in [-0.2, 0) is 0 Å². The maximum absolute atomic E-state index is 5.69. The van der Waals surface area contributed by atoms with Crippen LogP contribution in [-0.4, -0.2) is 11.4 Å². The molecule has 1 aliphatic carbocycles. The molecule has 1 aliphatic rings. The molecule has 88 valence electrons. The summed E-state index contributed by atoms with van der Waals surface area (Å²) in [6.07, 6.45) is 5.20. The van der Waals surface area contributed by atoms with Gasteiger partial charge < -0.3 is 4.74 Å². The second-order valence-corrected chi connectivity index (χ2v) is 6.12. The summed E-state index contributed by atoms with van der Waals surface area (Å²) in [5.74, 6) is 0.985. The summed E-state index contributed by atoms with van der Waals surface area (Å²) in [7, 11) is 0. The Morgan fingerprint density at radius 2 is 2.00 bits per heavy atom. The predicted molar refractivity (Wildman–Crippen MR) is 71.2 cm³/mol. The summed E-state index contributed by atoms with van der Waals surface area (Å²) in [5, 5.41) is 0. The van der Waals surface area contributed by atoms with E-state index in [2.05, 4.69) is 22.9 Å². The van der Waals surface area contributed by atoms with E-state index in [-0.39, 0.29) is 0 Å². The Morgan fingerprint density at radius 3 is 2.56 bits per heavy atom. The number of alkyl halides is 1. The largest absolute Gasteiger partial charge is 0.494 e. The quantitative estimate of drug-likeness (QED) is 0.555. The lowest BCUT2D eigenvalue weighted by Crippen LogP contribution is -2.13. The van der Waals surface area contributed by atoms with Gasteiger partial charge in [0.15, 0.2) is 0 Å². The third-order valence-corrected chi connectivity index (χ3v) is 4.54. The van der Waals surface area contributed by atoms with Crippen molar-refractivity contribution in [3.8, 4) is 5.75 Å². The monoisotopic (exact) mass is 282 g/mol. The molecule has 0 aromatic heterocycles. The molecule has 2 rings (SSSR count). The fraction of sp³-hybridized carbons (Fsp3) is 0.571. The fourth-order valence-corrected chi connectivity index (χ4v) is 2.82. The molecule has 1 unspecified atom stereocenters. The van der Waals surface area contributed by atoms with Crippen LogP contribution in [0.25, 0.3) is 0 Å². The van der Waals surface area contributed by atoms with Crippen LogP contribution in [0.5, 0.6) is 5.75 Å². The highest BCUT2D eigenvalue weighted by Crippen LogP contribution is 2.54. The highest BCUT2D eigenvalue weighted by Gasteiger charge is 2.45. The van der Waals surface area contributed by atoms with E-state index in [1.165, 1.54) is 19.3 Å². The number of benzene rings is 1. The van der Waals surface area contributed by atoms with Crippen molar-refractivity contribution >= 4 is 15.9 Å². The number of hydrogen-bond donors (Lipinski definition) is 0. The van der Waals surface area contributed by atoms with Crippen LogP contribution in [0, 0.1) is 5.41 Å². The minimum absolute atomic E-state index is 0.583. The molecule has 1 aromatic carbocycles. The smallest absolute Gasteiger partial charge is 0.119 e. The minimum atomic E-state index is 0.583. The molecule has 0 spiro atoms. The van der Waals surface area contributed by atoms with Crippen molar-refractivity contribution in [3.63, 3.8) is 0 Å². The molecule has 2 heteroatoms. The highest BCUT2D eigenvalue weighted by atomic mass is 79.9. The number of rotatable bonds is 6. The maximum Gasteiger partial charge on any atom is 0.119 e. The number of hydrogen-bond acceptors (Lipinski definition) is 1. The third-order valence-electron chi connectivity index (χ3n) is 3.57. The first-order valence-corrected chi connectivity index (χ1v) is 6.96. The summed E-state index contributed by atoms with van der Waals surface area (Å²) in [5.41, 5.74) is 0.583. The van der Waals surface area contributed by atoms with E-state index in [9.17, 15) is 0 Å². The molecule has 1 aromatic rings. The summed E-state index contributed by atoms with van der Waals surface area (Å²) < 4.78 is 5.69. The van der Waals surface area contributed by atoms with Crippen LogP contribution >= 0.6 is 15.9 Å². The van der Waals surface area contributed by atoms with Gasteiger partial charge >= 0.3 is 0 Å². The average Bonchev–Trinajstić information content (AvgIpc) is 3.07. The second-order valence-electron chi connectivity index (χ2n) is 4.74. The van der Waals surface area contributed by atoms with Crippen molar-refractivity contribution in [2.75, 3.05) is 6.61 Å². The van der Waals surface area contributed by atoms with Crippen molar-refractivity contribution in [1.29, 1.82) is 0 Å². The first kappa shape index (κ1) is 12.0. The third kappa shape index (κ3) is 3.00. The Hall–Kier alpha value is -0.500. The van der Waals surface area contributed by atoms with Gasteiger partial charge in [0.25, 0.3) is 0 Å². The minimum Gasteiger partial charge on any atom is -0.494 e. The molecule has 16 heavy (non-hydrogen) atoms. The SMILES string of the molecule is CC(Br)C1(CCCOc2ccccc2)CC1. The van der Waals surface area contributed by atoms with E-state index in [1.807, 2.05) is 30.3 Å². The van der Waals surface area contributed by atoms with E-state index >= 15 is 0 Å². The van der Waals surface area contributed by atoms with E-state index in [0.717, 1.165) is 18.8 Å². The van der Waals surface area contributed by atoms with Gasteiger partial charge in [0.05, 0.1) is 6.61 Å². The molecular weight excluding hydrogens is 264 g/mol. The lowest BCUT2D eigenvalue weighted by molar-refractivity contribution is 0.287. The van der Waals surface area contributed by atoms with Crippen molar-refractivity contribution < 1.29 is 4.74 Å². The molecule has 1 saturated carbocycles. The topological polar surface area (TPSA) is 9.23 Å². The summed E-state index contributed by atoms with van der Waals surface area (Å²) in [6, 6.07) is 10.1. The van der Waals surface area contributed by atoms with Crippen molar-refractivity contribution in [2.24, 2.45) is 5.41 Å². The van der Waals surface area contributed by atoms with Gasteiger partial charge in [0, 0.05) is 4.83 Å². The Bertz CT molecular complexity index is 317. The summed E-state index contributed by atoms with van der Waals surface area (Å²) >= 11 is 3.71. The van der Waals surface area contributed by atoms with Crippen LogP contribution in [0.4, 0.5) is 0 Å². The van der Waals surface area contributed by atoms with E-state index in [0.29, 0.717) is 10.2 Å².